The van der Waals surface area contributed by atoms with E-state index < -0.39 is 0 Å². The van der Waals surface area contributed by atoms with Crippen molar-refractivity contribution < 1.29 is 0 Å². The van der Waals surface area contributed by atoms with Gasteiger partial charge in [-0.1, -0.05) is 0 Å². The average Bonchev–Trinajstić information content (AvgIpc) is 2.18. The van der Waals surface area contributed by atoms with Gasteiger partial charge in [-0.2, -0.15) is 0 Å². The van der Waals surface area contributed by atoms with Gasteiger partial charge in [0.15, 0.2) is 0 Å². The van der Waals surface area contributed by atoms with Gasteiger partial charge >= 0.3 is 0 Å². The van der Waals surface area contributed by atoms with E-state index in [1.165, 1.54) is 5.69 Å². The number of nitrogens with one attached hydrogen (secondary N) is 1. The van der Waals surface area contributed by atoms with Crippen molar-refractivity contribution >= 4 is 22.9 Å². The van der Waals surface area contributed by atoms with Gasteiger partial charge in [-0.25, -0.2) is 4.98 Å². The molecular formula is C5H8IN3. The Bertz CT molecular complexity index is 184. The first-order chi connectivity index (χ1) is 4.34. The second-order valence-electron chi connectivity index (χ2n) is 1.81. The van der Waals surface area contributed by atoms with Crippen molar-refractivity contribution in [1.29, 1.82) is 0 Å². The molecule has 50 valence electrons. The predicted molar refractivity (Wildman–Crippen MR) is 44.1 cm³/mol. The SMILES string of the molecule is Cn1cncc1CNI. The summed E-state index contributed by atoms with van der Waals surface area (Å²) in [5, 5.41) is 0. The monoisotopic (exact) mass is 237 g/mol. The van der Waals surface area contributed by atoms with Crippen LogP contribution in [0.3, 0.4) is 0 Å². The second kappa shape index (κ2) is 3.17. The van der Waals surface area contributed by atoms with Crippen molar-refractivity contribution in [2.24, 2.45) is 7.05 Å². The molecule has 0 unspecified atom stereocenters. The van der Waals surface area contributed by atoms with Crippen LogP contribution in [0.2, 0.25) is 0 Å². The first kappa shape index (κ1) is 7.01. The van der Waals surface area contributed by atoms with Crippen LogP contribution in [-0.4, -0.2) is 9.55 Å². The molecule has 0 radical (unpaired) electrons. The first-order valence-corrected chi connectivity index (χ1v) is 3.71. The van der Waals surface area contributed by atoms with E-state index in [1.807, 2.05) is 17.8 Å². The lowest BCUT2D eigenvalue weighted by Crippen LogP contribution is -2.02. The van der Waals surface area contributed by atoms with Gasteiger partial charge in [-0.05, 0) is 0 Å². The van der Waals surface area contributed by atoms with Crippen LogP contribution < -0.4 is 3.53 Å². The van der Waals surface area contributed by atoms with Gasteiger partial charge in [0.2, 0.25) is 0 Å². The molecule has 0 saturated carbocycles. The van der Waals surface area contributed by atoms with E-state index in [2.05, 4.69) is 31.4 Å². The number of hydrogen-bond donors (Lipinski definition) is 1. The van der Waals surface area contributed by atoms with Crippen LogP contribution in [0, 0.1) is 0 Å². The minimum Gasteiger partial charge on any atom is -0.337 e. The van der Waals surface area contributed by atoms with E-state index in [4.69, 9.17) is 0 Å². The maximum Gasteiger partial charge on any atom is 0.0945 e. The van der Waals surface area contributed by atoms with E-state index in [-0.39, 0.29) is 0 Å². The van der Waals surface area contributed by atoms with Crippen molar-refractivity contribution in [3.63, 3.8) is 0 Å². The highest BCUT2D eigenvalue weighted by Crippen LogP contribution is 1.95. The fourth-order valence-electron chi connectivity index (χ4n) is 0.623. The normalized spacial score (nSPS) is 10.0. The lowest BCUT2D eigenvalue weighted by molar-refractivity contribution is 0.807. The summed E-state index contributed by atoms with van der Waals surface area (Å²) in [7, 11) is 1.98. The molecule has 1 aromatic heterocycles. The van der Waals surface area contributed by atoms with Gasteiger partial charge < -0.3 is 4.57 Å². The molecule has 0 aliphatic heterocycles. The van der Waals surface area contributed by atoms with Gasteiger partial charge in [0.05, 0.1) is 12.0 Å². The number of rotatable bonds is 2. The topological polar surface area (TPSA) is 29.9 Å². The third-order valence-corrected chi connectivity index (χ3v) is 1.55. The molecule has 0 spiro atoms. The van der Waals surface area contributed by atoms with Gasteiger partial charge in [0, 0.05) is 42.7 Å². The number of nitrogens with zero attached hydrogens (tertiary/aromatic N) is 2. The standard InChI is InChI=1S/C5H8IN3/c1-9-4-7-2-5(9)3-8-6/h2,4,8H,3H2,1H3. The summed E-state index contributed by atoms with van der Waals surface area (Å²) in [6, 6.07) is 0. The highest BCUT2D eigenvalue weighted by atomic mass is 127. The fourth-order valence-corrected chi connectivity index (χ4v) is 1.01. The molecule has 0 aliphatic rings. The zero-order valence-corrected chi connectivity index (χ0v) is 7.29. The predicted octanol–water partition coefficient (Wildman–Crippen LogP) is 0.860. The lowest BCUT2D eigenvalue weighted by Gasteiger charge is -1.96. The molecule has 0 aliphatic carbocycles. The Kier molecular flexibility index (Phi) is 2.47. The number of aryl methyl sites for hydroxylation is 1. The average molecular weight is 237 g/mol. The number of imidazole rings is 1. The Morgan fingerprint density at radius 1 is 1.89 bits per heavy atom. The Morgan fingerprint density at radius 3 is 3.11 bits per heavy atom. The van der Waals surface area contributed by atoms with E-state index in [0.717, 1.165) is 6.54 Å². The molecule has 1 rings (SSSR count). The van der Waals surface area contributed by atoms with Crippen molar-refractivity contribution in [3.8, 4) is 0 Å². The van der Waals surface area contributed by atoms with E-state index in [1.54, 1.807) is 6.33 Å². The highest BCUT2D eigenvalue weighted by molar-refractivity contribution is 14.1. The number of aromatic nitrogens is 2. The van der Waals surface area contributed by atoms with Crippen molar-refractivity contribution in [1.82, 2.24) is 13.1 Å². The van der Waals surface area contributed by atoms with E-state index >= 15 is 0 Å². The summed E-state index contributed by atoms with van der Waals surface area (Å²) < 4.78 is 5.01. The van der Waals surface area contributed by atoms with Crippen LogP contribution in [0.1, 0.15) is 5.69 Å². The molecule has 1 aromatic rings. The summed E-state index contributed by atoms with van der Waals surface area (Å²) in [5.41, 5.74) is 1.20. The molecule has 3 nitrogen and oxygen atoms in total. The third-order valence-electron chi connectivity index (χ3n) is 1.16. The van der Waals surface area contributed by atoms with Gasteiger partial charge in [-0.3, -0.25) is 3.53 Å². The maximum absolute atomic E-state index is 3.96. The Balaban J connectivity index is 2.69. The van der Waals surface area contributed by atoms with Crippen molar-refractivity contribution in [2.75, 3.05) is 0 Å². The number of halogens is 1. The summed E-state index contributed by atoms with van der Waals surface area (Å²) >= 11 is 2.11. The van der Waals surface area contributed by atoms with Crippen LogP contribution in [0.4, 0.5) is 0 Å². The van der Waals surface area contributed by atoms with E-state index in [0.29, 0.717) is 0 Å². The first-order valence-electron chi connectivity index (χ1n) is 2.63. The summed E-state index contributed by atoms with van der Waals surface area (Å²) in [6.45, 7) is 0.872. The van der Waals surface area contributed by atoms with Crippen LogP contribution in [0.15, 0.2) is 12.5 Å². The summed E-state index contributed by atoms with van der Waals surface area (Å²) in [4.78, 5) is 3.96. The van der Waals surface area contributed by atoms with Crippen molar-refractivity contribution in [3.05, 3.63) is 18.2 Å². The number of hydrogen-bond acceptors (Lipinski definition) is 2. The molecular weight excluding hydrogens is 229 g/mol. The molecule has 0 saturated heterocycles. The van der Waals surface area contributed by atoms with Crippen LogP contribution in [0.25, 0.3) is 0 Å². The van der Waals surface area contributed by atoms with Gasteiger partial charge in [0.1, 0.15) is 0 Å². The maximum atomic E-state index is 3.96. The third kappa shape index (κ3) is 1.65. The van der Waals surface area contributed by atoms with Gasteiger partial charge in [-0.15, -0.1) is 0 Å². The minimum absolute atomic E-state index is 0.872. The molecule has 4 heteroatoms. The summed E-state index contributed by atoms with van der Waals surface area (Å²) in [6.07, 6.45) is 3.65. The Hall–Kier alpha value is -0.100. The fraction of sp³-hybridized carbons (Fsp3) is 0.400. The smallest absolute Gasteiger partial charge is 0.0945 e. The zero-order valence-electron chi connectivity index (χ0n) is 5.13. The largest absolute Gasteiger partial charge is 0.337 e. The molecule has 0 aromatic carbocycles. The second-order valence-corrected chi connectivity index (χ2v) is 2.57. The van der Waals surface area contributed by atoms with Crippen LogP contribution >= 0.6 is 22.9 Å². The molecule has 9 heavy (non-hydrogen) atoms. The molecule has 1 heterocycles. The Labute approximate surface area is 68.0 Å². The van der Waals surface area contributed by atoms with Crippen molar-refractivity contribution in [2.45, 2.75) is 6.54 Å². The van der Waals surface area contributed by atoms with Gasteiger partial charge in [0.25, 0.3) is 0 Å². The quantitative estimate of drug-likeness (QED) is 0.610. The Morgan fingerprint density at radius 2 is 2.67 bits per heavy atom. The zero-order chi connectivity index (χ0) is 6.69. The highest BCUT2D eigenvalue weighted by Gasteiger charge is 1.93. The van der Waals surface area contributed by atoms with Crippen LogP contribution in [-0.2, 0) is 13.6 Å². The molecule has 1 N–H and O–H groups in total. The molecule has 0 atom stereocenters. The van der Waals surface area contributed by atoms with E-state index in [9.17, 15) is 0 Å². The lowest BCUT2D eigenvalue weighted by atomic mass is 10.5. The summed E-state index contributed by atoms with van der Waals surface area (Å²) in [5.74, 6) is 0. The minimum atomic E-state index is 0.872. The molecule has 0 fully saturated rings. The molecule has 0 bridgehead atoms. The van der Waals surface area contributed by atoms with Crippen LogP contribution in [0.5, 0.6) is 0 Å². The molecule has 0 amide bonds.